The summed E-state index contributed by atoms with van der Waals surface area (Å²) in [6.07, 6.45) is 2.56. The number of pyridine rings is 1. The van der Waals surface area contributed by atoms with E-state index in [1.54, 1.807) is 0 Å². The molecule has 19 heavy (non-hydrogen) atoms. The number of anilines is 1. The van der Waals surface area contributed by atoms with E-state index in [2.05, 4.69) is 30.4 Å². The maximum absolute atomic E-state index is 5.58. The molecule has 3 rings (SSSR count). The first-order valence-corrected chi connectivity index (χ1v) is 7.13. The molecule has 0 radical (unpaired) electrons. The predicted octanol–water partition coefficient (Wildman–Crippen LogP) is 3.94. The van der Waals surface area contributed by atoms with E-state index >= 15 is 0 Å². The summed E-state index contributed by atoms with van der Waals surface area (Å²) in [5.74, 6) is 1.59. The highest BCUT2D eigenvalue weighted by Gasteiger charge is 2.25. The van der Waals surface area contributed by atoms with Gasteiger partial charge in [-0.05, 0) is 51.0 Å². The number of hydrogen-bond acceptors (Lipinski definition) is 3. The van der Waals surface area contributed by atoms with Gasteiger partial charge in [-0.3, -0.25) is 4.98 Å². The summed E-state index contributed by atoms with van der Waals surface area (Å²) >= 11 is 0. The smallest absolute Gasteiger partial charge is 0.120 e. The molecule has 0 atom stereocenters. The molecule has 0 spiro atoms. The fourth-order valence-electron chi connectivity index (χ4n) is 2.41. The Balaban J connectivity index is 2.10. The van der Waals surface area contributed by atoms with Gasteiger partial charge in [-0.15, -0.1) is 0 Å². The van der Waals surface area contributed by atoms with Crippen LogP contribution in [0.3, 0.4) is 0 Å². The van der Waals surface area contributed by atoms with Gasteiger partial charge in [0, 0.05) is 29.2 Å². The second-order valence-corrected chi connectivity index (χ2v) is 5.01. The van der Waals surface area contributed by atoms with Gasteiger partial charge in [0.25, 0.3) is 0 Å². The van der Waals surface area contributed by atoms with Crippen molar-refractivity contribution in [3.63, 3.8) is 0 Å². The molecule has 3 heteroatoms. The van der Waals surface area contributed by atoms with Crippen molar-refractivity contribution in [3.8, 4) is 5.75 Å². The molecule has 1 fully saturated rings. The summed E-state index contributed by atoms with van der Waals surface area (Å²) < 4.78 is 5.58. The molecule has 1 aliphatic carbocycles. The van der Waals surface area contributed by atoms with E-state index < -0.39 is 0 Å². The maximum Gasteiger partial charge on any atom is 0.120 e. The Hall–Kier alpha value is -1.77. The summed E-state index contributed by atoms with van der Waals surface area (Å²) in [6, 6.07) is 8.36. The minimum atomic E-state index is 0.674. The topological polar surface area (TPSA) is 34.2 Å². The van der Waals surface area contributed by atoms with Crippen LogP contribution < -0.4 is 10.1 Å². The van der Waals surface area contributed by atoms with Crippen molar-refractivity contribution in [3.05, 3.63) is 30.0 Å². The molecule has 0 aliphatic heterocycles. The fraction of sp³-hybridized carbons (Fsp3) is 0.438. The summed E-state index contributed by atoms with van der Waals surface area (Å²) in [6.45, 7) is 5.73. The lowest BCUT2D eigenvalue weighted by molar-refractivity contribution is 0.340. The SMILES string of the molecule is CCNc1cc(C2CC2)nc2ccc(OCC)cc12. The Morgan fingerprint density at radius 2 is 2.11 bits per heavy atom. The Morgan fingerprint density at radius 1 is 1.26 bits per heavy atom. The van der Waals surface area contributed by atoms with Crippen LogP contribution in [0.5, 0.6) is 5.75 Å². The van der Waals surface area contributed by atoms with Crippen LogP contribution in [0.4, 0.5) is 5.69 Å². The molecule has 1 aliphatic rings. The van der Waals surface area contributed by atoms with E-state index in [4.69, 9.17) is 9.72 Å². The summed E-state index contributed by atoms with van der Waals surface area (Å²) in [5.41, 5.74) is 3.47. The van der Waals surface area contributed by atoms with Crippen LogP contribution in [-0.2, 0) is 0 Å². The van der Waals surface area contributed by atoms with Crippen molar-refractivity contribution >= 4 is 16.6 Å². The molecule has 1 aromatic heterocycles. The van der Waals surface area contributed by atoms with Crippen LogP contribution in [0.15, 0.2) is 24.3 Å². The monoisotopic (exact) mass is 256 g/mol. The van der Waals surface area contributed by atoms with E-state index in [9.17, 15) is 0 Å². The number of hydrogen-bond donors (Lipinski definition) is 1. The number of benzene rings is 1. The lowest BCUT2D eigenvalue weighted by Crippen LogP contribution is -2.01. The van der Waals surface area contributed by atoms with Gasteiger partial charge in [-0.2, -0.15) is 0 Å². The van der Waals surface area contributed by atoms with E-state index in [-0.39, 0.29) is 0 Å². The third kappa shape index (κ3) is 2.50. The maximum atomic E-state index is 5.58. The summed E-state index contributed by atoms with van der Waals surface area (Å²) in [7, 11) is 0. The molecule has 3 nitrogen and oxygen atoms in total. The Bertz CT molecular complexity index is 591. The van der Waals surface area contributed by atoms with Gasteiger partial charge in [0.15, 0.2) is 0 Å². The lowest BCUT2D eigenvalue weighted by Gasteiger charge is -2.12. The van der Waals surface area contributed by atoms with Crippen molar-refractivity contribution in [1.82, 2.24) is 4.98 Å². The molecular weight excluding hydrogens is 236 g/mol. The van der Waals surface area contributed by atoms with Gasteiger partial charge in [-0.25, -0.2) is 0 Å². The first kappa shape index (κ1) is 12.3. The number of fused-ring (bicyclic) bond motifs is 1. The Labute approximate surface area is 114 Å². The zero-order valence-electron chi connectivity index (χ0n) is 11.6. The van der Waals surface area contributed by atoms with Gasteiger partial charge in [0.1, 0.15) is 5.75 Å². The van der Waals surface area contributed by atoms with Gasteiger partial charge in [0.2, 0.25) is 0 Å². The van der Waals surface area contributed by atoms with Crippen LogP contribution in [-0.4, -0.2) is 18.1 Å². The lowest BCUT2D eigenvalue weighted by atomic mass is 10.1. The van der Waals surface area contributed by atoms with E-state index in [0.717, 1.165) is 23.2 Å². The van der Waals surface area contributed by atoms with Crippen molar-refractivity contribution < 1.29 is 4.74 Å². The first-order valence-electron chi connectivity index (χ1n) is 7.13. The predicted molar refractivity (Wildman–Crippen MR) is 79.1 cm³/mol. The first-order chi connectivity index (χ1) is 9.31. The second kappa shape index (κ2) is 5.08. The molecule has 1 N–H and O–H groups in total. The van der Waals surface area contributed by atoms with Crippen LogP contribution >= 0.6 is 0 Å². The quantitative estimate of drug-likeness (QED) is 0.879. The van der Waals surface area contributed by atoms with Crippen LogP contribution in [0.1, 0.15) is 38.3 Å². The fourth-order valence-corrected chi connectivity index (χ4v) is 2.41. The minimum Gasteiger partial charge on any atom is -0.494 e. The van der Waals surface area contributed by atoms with Crippen LogP contribution in [0.2, 0.25) is 0 Å². The zero-order chi connectivity index (χ0) is 13.2. The largest absolute Gasteiger partial charge is 0.494 e. The highest BCUT2D eigenvalue weighted by molar-refractivity contribution is 5.92. The molecule has 0 amide bonds. The van der Waals surface area contributed by atoms with Crippen molar-refractivity contribution in [1.29, 1.82) is 0 Å². The molecule has 100 valence electrons. The summed E-state index contributed by atoms with van der Waals surface area (Å²) in [4.78, 5) is 4.79. The third-order valence-electron chi connectivity index (χ3n) is 3.47. The number of nitrogens with zero attached hydrogens (tertiary/aromatic N) is 1. The van der Waals surface area contributed by atoms with Crippen LogP contribution in [0.25, 0.3) is 10.9 Å². The average molecular weight is 256 g/mol. The molecule has 0 unspecified atom stereocenters. The molecular formula is C16H20N2O. The van der Waals surface area contributed by atoms with Crippen molar-refractivity contribution in [2.45, 2.75) is 32.6 Å². The Morgan fingerprint density at radius 3 is 2.79 bits per heavy atom. The van der Waals surface area contributed by atoms with E-state index in [0.29, 0.717) is 12.5 Å². The highest BCUT2D eigenvalue weighted by Crippen LogP contribution is 2.41. The summed E-state index contributed by atoms with van der Waals surface area (Å²) in [5, 5.41) is 4.60. The van der Waals surface area contributed by atoms with E-state index in [1.165, 1.54) is 24.2 Å². The zero-order valence-corrected chi connectivity index (χ0v) is 11.6. The highest BCUT2D eigenvalue weighted by atomic mass is 16.5. The van der Waals surface area contributed by atoms with Gasteiger partial charge >= 0.3 is 0 Å². The normalized spacial score (nSPS) is 14.6. The van der Waals surface area contributed by atoms with Crippen LogP contribution in [0, 0.1) is 0 Å². The van der Waals surface area contributed by atoms with Crippen molar-refractivity contribution in [2.75, 3.05) is 18.5 Å². The number of rotatable bonds is 5. The number of ether oxygens (including phenoxy) is 1. The molecule has 1 saturated carbocycles. The van der Waals surface area contributed by atoms with Gasteiger partial charge in [0.05, 0.1) is 12.1 Å². The molecule has 2 aromatic rings. The molecule has 1 heterocycles. The molecule has 0 saturated heterocycles. The number of nitrogens with one attached hydrogen (secondary N) is 1. The average Bonchev–Trinajstić information content (AvgIpc) is 3.24. The second-order valence-electron chi connectivity index (χ2n) is 5.01. The van der Waals surface area contributed by atoms with Gasteiger partial charge < -0.3 is 10.1 Å². The minimum absolute atomic E-state index is 0.674. The standard InChI is InChI=1S/C16H20N2O/c1-3-17-16-10-15(11-5-6-11)18-14-8-7-12(19-4-2)9-13(14)16/h7-11H,3-6H2,1-2H3,(H,17,18). The third-order valence-corrected chi connectivity index (χ3v) is 3.47. The molecule has 0 bridgehead atoms. The van der Waals surface area contributed by atoms with Crippen molar-refractivity contribution in [2.24, 2.45) is 0 Å². The molecule has 1 aromatic carbocycles. The Kier molecular flexibility index (Phi) is 3.28. The van der Waals surface area contributed by atoms with E-state index in [1.807, 2.05) is 13.0 Å². The van der Waals surface area contributed by atoms with Gasteiger partial charge in [-0.1, -0.05) is 0 Å². The number of aromatic nitrogens is 1.